The van der Waals surface area contributed by atoms with E-state index in [1.54, 1.807) is 19.3 Å². The molecule has 0 aliphatic rings. The molecule has 0 saturated carbocycles. The zero-order valence-corrected chi connectivity index (χ0v) is 11.1. The van der Waals surface area contributed by atoms with E-state index in [1.807, 2.05) is 0 Å². The average molecular weight is 293 g/mol. The topological polar surface area (TPSA) is 87.7 Å². The van der Waals surface area contributed by atoms with Crippen molar-refractivity contribution in [1.82, 2.24) is 19.9 Å². The number of sulfonamides is 1. The van der Waals surface area contributed by atoms with Crippen molar-refractivity contribution in [2.45, 2.75) is 17.2 Å². The predicted octanol–water partition coefficient (Wildman–Crippen LogP) is 1.56. The van der Waals surface area contributed by atoms with Crippen LogP contribution >= 0.6 is 22.9 Å². The Labute approximate surface area is 107 Å². The van der Waals surface area contributed by atoms with Crippen LogP contribution in [0.4, 0.5) is 0 Å². The molecule has 2 heterocycles. The Morgan fingerprint density at radius 1 is 1.53 bits per heavy atom. The molecule has 9 heteroatoms. The summed E-state index contributed by atoms with van der Waals surface area (Å²) in [6.45, 7) is 1.73. The van der Waals surface area contributed by atoms with E-state index < -0.39 is 10.0 Å². The van der Waals surface area contributed by atoms with Crippen molar-refractivity contribution in [1.29, 1.82) is 0 Å². The van der Waals surface area contributed by atoms with Crippen molar-refractivity contribution >= 4 is 33.0 Å². The van der Waals surface area contributed by atoms with E-state index in [0.717, 1.165) is 16.9 Å². The number of aromatic nitrogens is 3. The summed E-state index contributed by atoms with van der Waals surface area (Å²) in [4.78, 5) is 3.70. The maximum Gasteiger partial charge on any atom is 0.252 e. The molecule has 0 aliphatic carbocycles. The van der Waals surface area contributed by atoms with Crippen LogP contribution in [0.1, 0.15) is 18.5 Å². The van der Waals surface area contributed by atoms with Gasteiger partial charge in [0.1, 0.15) is 0 Å². The first-order valence-corrected chi connectivity index (χ1v) is 7.29. The van der Waals surface area contributed by atoms with Gasteiger partial charge >= 0.3 is 0 Å². The summed E-state index contributed by atoms with van der Waals surface area (Å²) in [7, 11) is -3.58. The number of hydrogen-bond donors (Lipinski definition) is 2. The molecular formula is C8H9ClN4O2S2. The summed E-state index contributed by atoms with van der Waals surface area (Å²) >= 11 is 6.52. The molecule has 2 rings (SSSR count). The molecule has 0 fully saturated rings. The van der Waals surface area contributed by atoms with Crippen LogP contribution in [0.5, 0.6) is 0 Å². The molecule has 6 nitrogen and oxygen atoms in total. The van der Waals surface area contributed by atoms with Gasteiger partial charge in [-0.3, -0.25) is 5.10 Å². The first-order valence-electron chi connectivity index (χ1n) is 4.61. The maximum atomic E-state index is 11.9. The molecule has 0 saturated heterocycles. The lowest BCUT2D eigenvalue weighted by Crippen LogP contribution is -2.25. The second kappa shape index (κ2) is 4.73. The van der Waals surface area contributed by atoms with Gasteiger partial charge in [0.05, 0.1) is 12.4 Å². The van der Waals surface area contributed by atoms with E-state index in [2.05, 4.69) is 19.9 Å². The summed E-state index contributed by atoms with van der Waals surface area (Å²) in [5.74, 6) is 0. The van der Waals surface area contributed by atoms with E-state index in [4.69, 9.17) is 11.6 Å². The van der Waals surface area contributed by atoms with Crippen LogP contribution in [-0.2, 0) is 10.0 Å². The molecule has 92 valence electrons. The Morgan fingerprint density at radius 3 is 2.82 bits per heavy atom. The largest absolute Gasteiger partial charge is 0.285 e. The van der Waals surface area contributed by atoms with E-state index >= 15 is 0 Å². The molecule has 2 N–H and O–H groups in total. The fourth-order valence-corrected chi connectivity index (χ4v) is 3.76. The highest BCUT2D eigenvalue weighted by Gasteiger charge is 2.21. The molecule has 0 aliphatic heterocycles. The van der Waals surface area contributed by atoms with E-state index in [-0.39, 0.29) is 14.7 Å². The maximum absolute atomic E-state index is 11.9. The van der Waals surface area contributed by atoms with Crippen molar-refractivity contribution in [2.24, 2.45) is 0 Å². The van der Waals surface area contributed by atoms with Gasteiger partial charge in [0.15, 0.2) is 8.68 Å². The molecule has 17 heavy (non-hydrogen) atoms. The standard InChI is InChI=1S/C8H9ClN4O2S2/c1-5(6-2-11-12-3-6)13-17(14,15)7-4-10-8(9)16-7/h2-5,13H,1H3,(H,11,12). The molecule has 0 amide bonds. The van der Waals surface area contributed by atoms with Gasteiger partial charge in [0.2, 0.25) is 0 Å². The summed E-state index contributed by atoms with van der Waals surface area (Å²) in [5.41, 5.74) is 0.754. The highest BCUT2D eigenvalue weighted by molar-refractivity contribution is 7.91. The predicted molar refractivity (Wildman–Crippen MR) is 64.4 cm³/mol. The van der Waals surface area contributed by atoms with Crippen LogP contribution < -0.4 is 4.72 Å². The zero-order valence-electron chi connectivity index (χ0n) is 8.71. The van der Waals surface area contributed by atoms with Gasteiger partial charge in [-0.25, -0.2) is 18.1 Å². The van der Waals surface area contributed by atoms with Crippen LogP contribution in [0, 0.1) is 0 Å². The monoisotopic (exact) mass is 292 g/mol. The Hall–Kier alpha value is -0.960. The van der Waals surface area contributed by atoms with Gasteiger partial charge in [0, 0.05) is 17.8 Å². The molecule has 2 aromatic rings. The number of thiazole rings is 1. The van der Waals surface area contributed by atoms with Crippen LogP contribution in [-0.4, -0.2) is 23.6 Å². The lowest BCUT2D eigenvalue weighted by molar-refractivity contribution is 0.569. The number of nitrogens with one attached hydrogen (secondary N) is 2. The van der Waals surface area contributed by atoms with Crippen molar-refractivity contribution in [2.75, 3.05) is 0 Å². The molecule has 2 aromatic heterocycles. The molecule has 0 spiro atoms. The molecule has 1 unspecified atom stereocenters. The number of H-pyrrole nitrogens is 1. The van der Waals surface area contributed by atoms with E-state index in [1.165, 1.54) is 6.20 Å². The SMILES string of the molecule is CC(NS(=O)(=O)c1cnc(Cl)s1)c1cn[nH]c1. The lowest BCUT2D eigenvalue weighted by Gasteiger charge is -2.10. The second-order valence-corrected chi connectivity index (χ2v) is 6.86. The Bertz CT molecular complexity index is 593. The van der Waals surface area contributed by atoms with Gasteiger partial charge < -0.3 is 0 Å². The van der Waals surface area contributed by atoms with Gasteiger partial charge in [-0.05, 0) is 6.92 Å². The average Bonchev–Trinajstić information content (AvgIpc) is 2.86. The van der Waals surface area contributed by atoms with Crippen molar-refractivity contribution < 1.29 is 8.42 Å². The van der Waals surface area contributed by atoms with E-state index in [0.29, 0.717) is 0 Å². The highest BCUT2D eigenvalue weighted by Crippen LogP contribution is 2.23. The van der Waals surface area contributed by atoms with Crippen LogP contribution in [0.25, 0.3) is 0 Å². The van der Waals surface area contributed by atoms with Crippen LogP contribution in [0.2, 0.25) is 4.47 Å². The third-order valence-corrected chi connectivity index (χ3v) is 5.19. The third kappa shape index (κ3) is 2.83. The number of rotatable bonds is 4. The minimum atomic E-state index is -3.58. The number of aromatic amines is 1. The molecular weight excluding hydrogens is 284 g/mol. The smallest absolute Gasteiger partial charge is 0.252 e. The molecule has 0 aromatic carbocycles. The van der Waals surface area contributed by atoms with Crippen molar-refractivity contribution in [3.8, 4) is 0 Å². The third-order valence-electron chi connectivity index (χ3n) is 2.07. The summed E-state index contributed by atoms with van der Waals surface area (Å²) < 4.78 is 26.6. The first kappa shape index (κ1) is 12.5. The fourth-order valence-electron chi connectivity index (χ4n) is 1.22. The molecule has 0 bridgehead atoms. The fraction of sp³-hybridized carbons (Fsp3) is 0.250. The van der Waals surface area contributed by atoms with Gasteiger partial charge in [-0.15, -0.1) is 0 Å². The zero-order chi connectivity index (χ0) is 12.5. The first-order chi connectivity index (χ1) is 7.99. The minimum absolute atomic E-state index is 0.0952. The van der Waals surface area contributed by atoms with Crippen molar-refractivity contribution in [3.63, 3.8) is 0 Å². The minimum Gasteiger partial charge on any atom is -0.285 e. The van der Waals surface area contributed by atoms with Crippen LogP contribution in [0.15, 0.2) is 22.8 Å². The number of halogens is 1. The van der Waals surface area contributed by atoms with Gasteiger partial charge in [0.25, 0.3) is 10.0 Å². The number of hydrogen-bond acceptors (Lipinski definition) is 5. The Balaban J connectivity index is 2.18. The number of nitrogens with zero attached hydrogens (tertiary/aromatic N) is 2. The molecule has 1 atom stereocenters. The Morgan fingerprint density at radius 2 is 2.29 bits per heavy atom. The normalized spacial score (nSPS) is 13.8. The summed E-state index contributed by atoms with van der Waals surface area (Å²) in [6, 6.07) is -0.375. The molecule has 0 radical (unpaired) electrons. The highest BCUT2D eigenvalue weighted by atomic mass is 35.5. The van der Waals surface area contributed by atoms with E-state index in [9.17, 15) is 8.42 Å². The van der Waals surface area contributed by atoms with Crippen molar-refractivity contribution in [3.05, 3.63) is 28.6 Å². The second-order valence-electron chi connectivity index (χ2n) is 3.31. The quantitative estimate of drug-likeness (QED) is 0.895. The van der Waals surface area contributed by atoms with Gasteiger partial charge in [-0.2, -0.15) is 5.10 Å². The van der Waals surface area contributed by atoms with Crippen LogP contribution in [0.3, 0.4) is 0 Å². The lowest BCUT2D eigenvalue weighted by atomic mass is 10.2. The summed E-state index contributed by atoms with van der Waals surface area (Å²) in [6.07, 6.45) is 4.43. The Kier molecular flexibility index (Phi) is 3.48. The summed E-state index contributed by atoms with van der Waals surface area (Å²) in [5, 5.41) is 6.38. The van der Waals surface area contributed by atoms with Gasteiger partial charge in [-0.1, -0.05) is 22.9 Å².